The van der Waals surface area contributed by atoms with Gasteiger partial charge in [-0.15, -0.1) is 0 Å². The molecule has 6 nitrogen and oxygen atoms in total. The molecule has 2 saturated heterocycles. The van der Waals surface area contributed by atoms with Gasteiger partial charge in [-0.1, -0.05) is 25.7 Å². The van der Waals surface area contributed by atoms with E-state index in [9.17, 15) is 19.5 Å². The van der Waals surface area contributed by atoms with Gasteiger partial charge in [0.2, 0.25) is 11.8 Å². The highest BCUT2D eigenvalue weighted by Crippen LogP contribution is 2.30. The highest BCUT2D eigenvalue weighted by atomic mass is 16.4. The molecule has 0 bridgehead atoms. The Morgan fingerprint density at radius 2 is 1.62 bits per heavy atom. The van der Waals surface area contributed by atoms with Gasteiger partial charge in [-0.2, -0.15) is 0 Å². The normalized spacial score (nSPS) is 29.6. The van der Waals surface area contributed by atoms with Crippen molar-refractivity contribution >= 4 is 17.8 Å². The number of nitrogens with zero attached hydrogens (tertiary/aromatic N) is 2. The van der Waals surface area contributed by atoms with E-state index in [1.54, 1.807) is 0 Å². The molecule has 1 saturated carbocycles. The molecule has 0 spiro atoms. The molecule has 2 heterocycles. The minimum Gasteiger partial charge on any atom is -0.480 e. The van der Waals surface area contributed by atoms with Crippen molar-refractivity contribution in [1.29, 1.82) is 0 Å². The standard InChI is InChI=1S/C18H28N2O4/c21-16-11-13(12-20(16)14-7-3-1-2-4-8-14)17(22)19-10-6-5-9-15(19)18(23)24/h13-15H,1-12H2,(H,23,24)/t13-,15-/m0/s1. The summed E-state index contributed by atoms with van der Waals surface area (Å²) in [6, 6.07) is -0.442. The van der Waals surface area contributed by atoms with E-state index < -0.39 is 12.0 Å². The SMILES string of the molecule is O=C(O)[C@@H]1CCCCN1C(=O)[C@H]1CC(=O)N(C2CCCCCC2)C1. The first-order valence-corrected chi connectivity index (χ1v) is 9.40. The Morgan fingerprint density at radius 1 is 0.958 bits per heavy atom. The molecule has 3 fully saturated rings. The molecule has 0 aromatic carbocycles. The van der Waals surface area contributed by atoms with Crippen LogP contribution in [0.4, 0.5) is 0 Å². The van der Waals surface area contributed by atoms with Crippen molar-refractivity contribution in [2.24, 2.45) is 5.92 Å². The van der Waals surface area contributed by atoms with Crippen LogP contribution in [0.1, 0.15) is 64.2 Å². The maximum Gasteiger partial charge on any atom is 0.326 e. The van der Waals surface area contributed by atoms with Crippen LogP contribution in [-0.2, 0) is 14.4 Å². The smallest absolute Gasteiger partial charge is 0.326 e. The summed E-state index contributed by atoms with van der Waals surface area (Å²) in [6.07, 6.45) is 9.31. The van der Waals surface area contributed by atoms with Crippen LogP contribution >= 0.6 is 0 Å². The Morgan fingerprint density at radius 3 is 2.29 bits per heavy atom. The van der Waals surface area contributed by atoms with Crippen LogP contribution < -0.4 is 0 Å². The number of likely N-dealkylation sites (tertiary alicyclic amines) is 2. The summed E-state index contributed by atoms with van der Waals surface area (Å²) in [7, 11) is 0. The van der Waals surface area contributed by atoms with Gasteiger partial charge in [0.1, 0.15) is 6.04 Å². The van der Waals surface area contributed by atoms with E-state index in [2.05, 4.69) is 0 Å². The van der Waals surface area contributed by atoms with Crippen molar-refractivity contribution in [1.82, 2.24) is 9.80 Å². The van der Waals surface area contributed by atoms with Crippen LogP contribution in [0.2, 0.25) is 0 Å². The van der Waals surface area contributed by atoms with E-state index in [4.69, 9.17) is 0 Å². The van der Waals surface area contributed by atoms with E-state index in [0.29, 0.717) is 19.5 Å². The van der Waals surface area contributed by atoms with Gasteiger partial charge < -0.3 is 14.9 Å². The van der Waals surface area contributed by atoms with Crippen LogP contribution in [0, 0.1) is 5.92 Å². The van der Waals surface area contributed by atoms with Gasteiger partial charge in [0, 0.05) is 25.6 Å². The highest BCUT2D eigenvalue weighted by Gasteiger charge is 2.42. The molecule has 2 amide bonds. The van der Waals surface area contributed by atoms with E-state index in [1.165, 1.54) is 17.7 Å². The van der Waals surface area contributed by atoms with Crippen molar-refractivity contribution in [2.45, 2.75) is 76.3 Å². The molecule has 1 N–H and O–H groups in total. The number of carbonyl (C=O) groups excluding carboxylic acids is 2. The van der Waals surface area contributed by atoms with Gasteiger partial charge in [-0.05, 0) is 32.1 Å². The second kappa shape index (κ2) is 7.53. The second-order valence-electron chi connectivity index (χ2n) is 7.47. The summed E-state index contributed by atoms with van der Waals surface area (Å²) in [4.78, 5) is 40.1. The predicted octanol–water partition coefficient (Wildman–Crippen LogP) is 2.02. The van der Waals surface area contributed by atoms with Gasteiger partial charge in [0.05, 0.1) is 5.92 Å². The monoisotopic (exact) mass is 336 g/mol. The molecule has 0 aromatic heterocycles. The summed E-state index contributed by atoms with van der Waals surface area (Å²) in [5.41, 5.74) is 0. The van der Waals surface area contributed by atoms with E-state index in [1.807, 2.05) is 4.90 Å². The molecular weight excluding hydrogens is 308 g/mol. The summed E-state index contributed by atoms with van der Waals surface area (Å²) in [5.74, 6) is -1.34. The third kappa shape index (κ3) is 3.57. The molecular formula is C18H28N2O4. The van der Waals surface area contributed by atoms with E-state index in [0.717, 1.165) is 38.5 Å². The molecule has 3 aliphatic rings. The van der Waals surface area contributed by atoms with Gasteiger partial charge in [0.25, 0.3) is 0 Å². The fourth-order valence-corrected chi connectivity index (χ4v) is 4.51. The molecule has 2 aliphatic heterocycles. The predicted molar refractivity (Wildman–Crippen MR) is 88.3 cm³/mol. The molecule has 2 atom stereocenters. The zero-order valence-electron chi connectivity index (χ0n) is 14.3. The first-order chi connectivity index (χ1) is 11.6. The molecule has 0 aromatic rings. The largest absolute Gasteiger partial charge is 0.480 e. The van der Waals surface area contributed by atoms with Crippen LogP contribution in [-0.4, -0.2) is 57.9 Å². The van der Waals surface area contributed by atoms with Crippen LogP contribution in [0.15, 0.2) is 0 Å². The van der Waals surface area contributed by atoms with Gasteiger partial charge >= 0.3 is 5.97 Å². The number of rotatable bonds is 3. The van der Waals surface area contributed by atoms with Crippen LogP contribution in [0.5, 0.6) is 0 Å². The highest BCUT2D eigenvalue weighted by molar-refractivity contribution is 5.91. The summed E-state index contributed by atoms with van der Waals surface area (Å²) in [6.45, 7) is 0.981. The zero-order valence-corrected chi connectivity index (χ0v) is 14.3. The van der Waals surface area contributed by atoms with Gasteiger partial charge in [-0.3, -0.25) is 9.59 Å². The van der Waals surface area contributed by atoms with E-state index >= 15 is 0 Å². The Balaban J connectivity index is 1.65. The molecule has 0 unspecified atom stereocenters. The number of hydrogen-bond acceptors (Lipinski definition) is 3. The van der Waals surface area contributed by atoms with Gasteiger partial charge in [0.15, 0.2) is 0 Å². The number of aliphatic carboxylic acids is 1. The average molecular weight is 336 g/mol. The number of carboxylic acids is 1. The van der Waals surface area contributed by atoms with Crippen molar-refractivity contribution in [2.75, 3.05) is 13.1 Å². The first-order valence-electron chi connectivity index (χ1n) is 9.40. The third-order valence-electron chi connectivity index (χ3n) is 5.84. The van der Waals surface area contributed by atoms with E-state index in [-0.39, 0.29) is 30.2 Å². The number of carbonyl (C=O) groups is 3. The molecule has 134 valence electrons. The maximum absolute atomic E-state index is 12.8. The number of carboxylic acid groups (broad SMARTS) is 1. The summed E-state index contributed by atoms with van der Waals surface area (Å²) in [5, 5.41) is 9.37. The number of hydrogen-bond donors (Lipinski definition) is 1. The Hall–Kier alpha value is -1.59. The van der Waals surface area contributed by atoms with Crippen LogP contribution in [0.3, 0.4) is 0 Å². The lowest BCUT2D eigenvalue weighted by atomic mass is 9.98. The topological polar surface area (TPSA) is 77.9 Å². The minimum absolute atomic E-state index is 0.0733. The summed E-state index contributed by atoms with van der Waals surface area (Å²) < 4.78 is 0. The lowest BCUT2D eigenvalue weighted by Crippen LogP contribution is -2.50. The fraction of sp³-hybridized carbons (Fsp3) is 0.833. The Labute approximate surface area is 143 Å². The molecule has 6 heteroatoms. The molecule has 24 heavy (non-hydrogen) atoms. The fourth-order valence-electron chi connectivity index (χ4n) is 4.51. The molecule has 3 rings (SSSR count). The van der Waals surface area contributed by atoms with Crippen molar-refractivity contribution in [3.05, 3.63) is 0 Å². The second-order valence-corrected chi connectivity index (χ2v) is 7.47. The zero-order chi connectivity index (χ0) is 17.1. The molecule has 1 aliphatic carbocycles. The van der Waals surface area contributed by atoms with Crippen molar-refractivity contribution < 1.29 is 19.5 Å². The maximum atomic E-state index is 12.8. The Kier molecular flexibility index (Phi) is 5.41. The van der Waals surface area contributed by atoms with Gasteiger partial charge in [-0.25, -0.2) is 4.79 Å². The number of piperidine rings is 1. The summed E-state index contributed by atoms with van der Waals surface area (Å²) >= 11 is 0. The number of amides is 2. The quantitative estimate of drug-likeness (QED) is 0.800. The average Bonchev–Trinajstić information content (AvgIpc) is 2.80. The van der Waals surface area contributed by atoms with Crippen LogP contribution in [0.25, 0.3) is 0 Å². The van der Waals surface area contributed by atoms with Crippen molar-refractivity contribution in [3.8, 4) is 0 Å². The Bertz CT molecular complexity index is 499. The first kappa shape index (κ1) is 17.2. The lowest BCUT2D eigenvalue weighted by molar-refractivity contribution is -0.153. The lowest BCUT2D eigenvalue weighted by Gasteiger charge is -2.35. The third-order valence-corrected chi connectivity index (χ3v) is 5.84. The molecule has 0 radical (unpaired) electrons. The minimum atomic E-state index is -0.923. The van der Waals surface area contributed by atoms with Crippen molar-refractivity contribution in [3.63, 3.8) is 0 Å².